The molecule has 0 aromatic carbocycles. The smallest absolute Gasteiger partial charge is 0.339 e. The number of hydrogen-bond acceptors (Lipinski definition) is 9. The van der Waals surface area contributed by atoms with Gasteiger partial charge >= 0.3 is 17.9 Å². The van der Waals surface area contributed by atoms with Crippen LogP contribution < -0.4 is 0 Å². The Hall–Kier alpha value is -1.49. The van der Waals surface area contributed by atoms with Gasteiger partial charge in [-0.2, -0.15) is 0 Å². The van der Waals surface area contributed by atoms with Gasteiger partial charge in [-0.1, -0.05) is 27.7 Å². The Morgan fingerprint density at radius 3 is 1.66 bits per heavy atom. The van der Waals surface area contributed by atoms with Gasteiger partial charge in [-0.3, -0.25) is 9.59 Å². The topological polar surface area (TPSA) is 118 Å². The molecule has 1 aliphatic heterocycles. The molecule has 1 heterocycles. The third kappa shape index (κ3) is 7.27. The van der Waals surface area contributed by atoms with Crippen LogP contribution in [0, 0.1) is 16.7 Å². The highest BCUT2D eigenvalue weighted by atomic mass is 28.4. The standard InChI is InChI=1S/C25H46O9Si/c1-14(2)25(9,10)35(12,13)34-20-15(26)16(32-21(28)23(3,4)5)17(18(31-20)19(27)30-11)33-22(29)24(6,7)8/h14-18,20,26H,1-13H3/t15-,16-,17+,18-,20?/m1/s1. The Bertz CT molecular complexity index is 777. The molecule has 10 heteroatoms. The van der Waals surface area contributed by atoms with Gasteiger partial charge in [0.2, 0.25) is 0 Å². The van der Waals surface area contributed by atoms with Crippen LogP contribution in [0.4, 0.5) is 0 Å². The Morgan fingerprint density at radius 1 is 0.857 bits per heavy atom. The SMILES string of the molecule is COC(=O)[C@@H]1OC(O[Si](C)(C)C(C)(C)C(C)C)[C@H](O)[C@@H](OC(=O)C(C)(C)C)[C@@H]1OC(=O)C(C)(C)C. The summed E-state index contributed by atoms with van der Waals surface area (Å²) in [6, 6.07) is 0. The second-order valence-corrected chi connectivity index (χ2v) is 17.2. The maximum atomic E-state index is 12.8. The zero-order valence-corrected chi connectivity index (χ0v) is 24.7. The summed E-state index contributed by atoms with van der Waals surface area (Å²) in [4.78, 5) is 38.3. The summed E-state index contributed by atoms with van der Waals surface area (Å²) in [5.74, 6) is -1.87. The Labute approximate surface area is 211 Å². The summed E-state index contributed by atoms with van der Waals surface area (Å²) >= 11 is 0. The molecule has 0 saturated carbocycles. The molecule has 0 radical (unpaired) electrons. The minimum Gasteiger partial charge on any atom is -0.467 e. The fourth-order valence-electron chi connectivity index (χ4n) is 3.23. The van der Waals surface area contributed by atoms with Crippen molar-refractivity contribution in [2.45, 2.75) is 118 Å². The fraction of sp³-hybridized carbons (Fsp3) is 0.880. The molecule has 204 valence electrons. The summed E-state index contributed by atoms with van der Waals surface area (Å²) in [5, 5.41) is 11.1. The van der Waals surface area contributed by atoms with Gasteiger partial charge in [0.25, 0.3) is 0 Å². The molecule has 1 unspecified atom stereocenters. The maximum Gasteiger partial charge on any atom is 0.339 e. The first-order valence-electron chi connectivity index (χ1n) is 12.1. The molecule has 0 aliphatic carbocycles. The zero-order chi connectivity index (χ0) is 27.7. The first-order chi connectivity index (χ1) is 15.6. The summed E-state index contributed by atoms with van der Waals surface area (Å²) in [6.45, 7) is 22.2. The van der Waals surface area contributed by atoms with E-state index in [9.17, 15) is 19.5 Å². The highest BCUT2D eigenvalue weighted by Crippen LogP contribution is 2.46. The number of rotatable bonds is 7. The van der Waals surface area contributed by atoms with Gasteiger partial charge in [0.1, 0.15) is 6.10 Å². The van der Waals surface area contributed by atoms with E-state index in [2.05, 4.69) is 27.7 Å². The van der Waals surface area contributed by atoms with Gasteiger partial charge in [0.05, 0.1) is 17.9 Å². The largest absolute Gasteiger partial charge is 0.467 e. The number of carbonyl (C=O) groups is 3. The van der Waals surface area contributed by atoms with Crippen LogP contribution in [0.25, 0.3) is 0 Å². The predicted molar refractivity (Wildman–Crippen MR) is 133 cm³/mol. The van der Waals surface area contributed by atoms with Crippen LogP contribution in [0.5, 0.6) is 0 Å². The van der Waals surface area contributed by atoms with Gasteiger partial charge < -0.3 is 28.5 Å². The summed E-state index contributed by atoms with van der Waals surface area (Å²) in [5.41, 5.74) is -1.84. The van der Waals surface area contributed by atoms with Crippen LogP contribution in [0.3, 0.4) is 0 Å². The molecule has 5 atom stereocenters. The Morgan fingerprint density at radius 2 is 1.29 bits per heavy atom. The van der Waals surface area contributed by atoms with Crippen LogP contribution in [-0.4, -0.2) is 69.1 Å². The average Bonchev–Trinajstić information content (AvgIpc) is 2.69. The zero-order valence-electron chi connectivity index (χ0n) is 23.7. The number of aliphatic hydroxyl groups is 1. The van der Waals surface area contributed by atoms with Crippen molar-refractivity contribution in [2.24, 2.45) is 16.7 Å². The molecule has 0 bridgehead atoms. The highest BCUT2D eigenvalue weighted by Gasteiger charge is 2.56. The highest BCUT2D eigenvalue weighted by molar-refractivity contribution is 6.74. The lowest BCUT2D eigenvalue weighted by Gasteiger charge is -2.48. The third-order valence-electron chi connectivity index (χ3n) is 7.07. The van der Waals surface area contributed by atoms with E-state index in [4.69, 9.17) is 23.4 Å². The van der Waals surface area contributed by atoms with Crippen molar-refractivity contribution >= 4 is 26.2 Å². The molecule has 1 rings (SSSR count). The van der Waals surface area contributed by atoms with Crippen LogP contribution >= 0.6 is 0 Å². The minimum absolute atomic E-state index is 0.232. The van der Waals surface area contributed by atoms with E-state index in [1.165, 1.54) is 7.11 Å². The van der Waals surface area contributed by atoms with Gasteiger partial charge in [0, 0.05) is 0 Å². The van der Waals surface area contributed by atoms with Crippen LogP contribution in [0.15, 0.2) is 0 Å². The average molecular weight is 519 g/mol. The predicted octanol–water partition coefficient (Wildman–Crippen LogP) is 3.82. The molecular formula is C25H46O9Si. The van der Waals surface area contributed by atoms with E-state index in [1.807, 2.05) is 13.1 Å². The van der Waals surface area contributed by atoms with Crippen LogP contribution in [0.2, 0.25) is 18.1 Å². The first kappa shape index (κ1) is 31.5. The van der Waals surface area contributed by atoms with Crippen LogP contribution in [0.1, 0.15) is 69.2 Å². The number of hydrogen-bond donors (Lipinski definition) is 1. The molecule has 1 N–H and O–H groups in total. The van der Waals surface area contributed by atoms with Crippen molar-refractivity contribution in [2.75, 3.05) is 7.11 Å². The van der Waals surface area contributed by atoms with E-state index in [0.29, 0.717) is 0 Å². The van der Waals surface area contributed by atoms with E-state index >= 15 is 0 Å². The number of ether oxygens (including phenoxy) is 4. The first-order valence-corrected chi connectivity index (χ1v) is 15.0. The minimum atomic E-state index is -2.57. The van der Waals surface area contributed by atoms with Gasteiger partial charge in [-0.15, -0.1) is 0 Å². The maximum absolute atomic E-state index is 12.8. The van der Waals surface area contributed by atoms with Crippen molar-refractivity contribution in [1.29, 1.82) is 0 Å². The second-order valence-electron chi connectivity index (χ2n) is 12.7. The molecular weight excluding hydrogens is 472 g/mol. The molecule has 0 amide bonds. The molecule has 0 aromatic rings. The van der Waals surface area contributed by atoms with E-state index < -0.39 is 67.8 Å². The molecule has 1 fully saturated rings. The normalized spacial score (nSPS) is 26.3. The number of methoxy groups -OCH3 is 1. The molecule has 0 aromatic heterocycles. The lowest BCUT2D eigenvalue weighted by molar-refractivity contribution is -0.285. The van der Waals surface area contributed by atoms with Gasteiger partial charge in [-0.25, -0.2) is 4.79 Å². The third-order valence-corrected chi connectivity index (χ3v) is 11.6. The number of carbonyl (C=O) groups excluding carboxylic acids is 3. The Kier molecular flexibility index (Phi) is 9.79. The molecule has 0 spiro atoms. The quantitative estimate of drug-likeness (QED) is 0.305. The van der Waals surface area contributed by atoms with Gasteiger partial charge in [-0.05, 0) is 65.6 Å². The lowest BCUT2D eigenvalue weighted by Crippen LogP contribution is -2.65. The fourth-order valence-corrected chi connectivity index (χ4v) is 5.70. The van der Waals surface area contributed by atoms with Crippen LogP contribution in [-0.2, 0) is 37.8 Å². The van der Waals surface area contributed by atoms with Crippen molar-refractivity contribution in [3.8, 4) is 0 Å². The van der Waals surface area contributed by atoms with Gasteiger partial charge in [0.15, 0.2) is 32.9 Å². The van der Waals surface area contributed by atoms with E-state index in [-0.39, 0.29) is 11.0 Å². The van der Waals surface area contributed by atoms with E-state index in [1.54, 1.807) is 41.5 Å². The van der Waals surface area contributed by atoms with Crippen molar-refractivity contribution in [3.05, 3.63) is 0 Å². The van der Waals surface area contributed by atoms with Crippen molar-refractivity contribution < 1.29 is 42.9 Å². The molecule has 1 saturated heterocycles. The number of aliphatic hydroxyl groups excluding tert-OH is 1. The monoisotopic (exact) mass is 518 g/mol. The van der Waals surface area contributed by atoms with Crippen molar-refractivity contribution in [1.82, 2.24) is 0 Å². The lowest BCUT2D eigenvalue weighted by atomic mass is 9.94. The molecule has 1 aliphatic rings. The summed E-state index contributed by atoms with van der Waals surface area (Å²) in [7, 11) is -1.40. The number of esters is 3. The molecule has 9 nitrogen and oxygen atoms in total. The summed E-state index contributed by atoms with van der Waals surface area (Å²) < 4.78 is 28.5. The van der Waals surface area contributed by atoms with Crippen molar-refractivity contribution in [3.63, 3.8) is 0 Å². The Balaban J connectivity index is 3.52. The molecule has 35 heavy (non-hydrogen) atoms. The second kappa shape index (κ2) is 10.9. The van der Waals surface area contributed by atoms with E-state index in [0.717, 1.165) is 0 Å². The summed E-state index contributed by atoms with van der Waals surface area (Å²) in [6.07, 6.45) is -7.14.